The first-order valence-electron chi connectivity index (χ1n) is 6.85. The molecule has 23 heavy (non-hydrogen) atoms. The Morgan fingerprint density at radius 1 is 1.30 bits per heavy atom. The van der Waals surface area contributed by atoms with E-state index < -0.39 is 6.61 Å². The van der Waals surface area contributed by atoms with Gasteiger partial charge >= 0.3 is 12.6 Å². The summed E-state index contributed by atoms with van der Waals surface area (Å²) < 4.78 is 33.9. The Kier molecular flexibility index (Phi) is 4.22. The van der Waals surface area contributed by atoms with Crippen LogP contribution in [0, 0.1) is 0 Å². The fourth-order valence-corrected chi connectivity index (χ4v) is 2.16. The molecule has 0 radical (unpaired) electrons. The van der Waals surface area contributed by atoms with Gasteiger partial charge in [-0.2, -0.15) is 8.78 Å². The lowest BCUT2D eigenvalue weighted by Gasteiger charge is -2.28. The van der Waals surface area contributed by atoms with Crippen molar-refractivity contribution in [2.24, 2.45) is 0 Å². The Balaban J connectivity index is 1.70. The van der Waals surface area contributed by atoms with E-state index in [9.17, 15) is 13.6 Å². The van der Waals surface area contributed by atoms with E-state index in [2.05, 4.69) is 15.0 Å². The Morgan fingerprint density at radius 3 is 2.83 bits per heavy atom. The molecule has 0 unspecified atom stereocenters. The number of hydrogen-bond acceptors (Lipinski definition) is 4. The lowest BCUT2D eigenvalue weighted by atomic mass is 10.3. The topological polar surface area (TPSA) is 63.7 Å². The minimum absolute atomic E-state index is 0.0244. The summed E-state index contributed by atoms with van der Waals surface area (Å²) in [6.07, 6.45) is 1.57. The Labute approximate surface area is 130 Å². The summed E-state index contributed by atoms with van der Waals surface area (Å²) in [7, 11) is 0. The third kappa shape index (κ3) is 3.47. The van der Waals surface area contributed by atoms with Crippen molar-refractivity contribution in [2.45, 2.75) is 6.61 Å². The number of carbonyl (C=O) groups is 1. The van der Waals surface area contributed by atoms with Crippen LogP contribution < -0.4 is 19.7 Å². The van der Waals surface area contributed by atoms with Crippen molar-refractivity contribution in [3.8, 4) is 11.5 Å². The van der Waals surface area contributed by atoms with E-state index in [0.29, 0.717) is 30.4 Å². The summed E-state index contributed by atoms with van der Waals surface area (Å²) in [5.74, 6) is 1.000. The predicted molar refractivity (Wildman–Crippen MR) is 79.2 cm³/mol. The predicted octanol–water partition coefficient (Wildman–Crippen LogP) is 3.11. The highest BCUT2D eigenvalue weighted by Gasteiger charge is 2.24. The molecule has 1 N–H and O–H groups in total. The van der Waals surface area contributed by atoms with E-state index in [4.69, 9.17) is 4.74 Å². The van der Waals surface area contributed by atoms with E-state index in [1.807, 2.05) is 0 Å². The van der Waals surface area contributed by atoms with Gasteiger partial charge in [0.1, 0.15) is 12.4 Å². The Bertz CT molecular complexity index is 695. The first-order valence-corrected chi connectivity index (χ1v) is 6.85. The fraction of sp³-hybridized carbons (Fsp3) is 0.200. The molecule has 2 amide bonds. The second-order valence-corrected chi connectivity index (χ2v) is 4.66. The third-order valence-electron chi connectivity index (χ3n) is 3.15. The molecule has 0 aliphatic carbocycles. The number of nitrogens with zero attached hydrogens (tertiary/aromatic N) is 2. The summed E-state index contributed by atoms with van der Waals surface area (Å²) >= 11 is 0. The van der Waals surface area contributed by atoms with Crippen LogP contribution in [0.25, 0.3) is 0 Å². The van der Waals surface area contributed by atoms with Crippen LogP contribution in [0.2, 0.25) is 0 Å². The van der Waals surface area contributed by atoms with E-state index in [0.717, 1.165) is 0 Å². The molecule has 2 aromatic rings. The third-order valence-corrected chi connectivity index (χ3v) is 3.15. The van der Waals surface area contributed by atoms with Gasteiger partial charge in [0.05, 0.1) is 6.54 Å². The van der Waals surface area contributed by atoms with Crippen molar-refractivity contribution in [1.82, 2.24) is 4.98 Å². The van der Waals surface area contributed by atoms with Crippen molar-refractivity contribution < 1.29 is 23.0 Å². The average molecular weight is 321 g/mol. The van der Waals surface area contributed by atoms with Crippen molar-refractivity contribution >= 4 is 17.5 Å². The summed E-state index contributed by atoms with van der Waals surface area (Å²) in [4.78, 5) is 18.0. The van der Waals surface area contributed by atoms with Gasteiger partial charge in [-0.3, -0.25) is 4.90 Å². The van der Waals surface area contributed by atoms with Crippen LogP contribution >= 0.6 is 0 Å². The number of anilines is 2. The zero-order valence-electron chi connectivity index (χ0n) is 11.9. The number of carbonyl (C=O) groups excluding carboxylic acids is 1. The van der Waals surface area contributed by atoms with E-state index in [-0.39, 0.29) is 11.8 Å². The molecule has 0 saturated carbocycles. The molecule has 120 valence electrons. The van der Waals surface area contributed by atoms with Gasteiger partial charge in [0.15, 0.2) is 11.6 Å². The molecule has 1 aromatic carbocycles. The maximum absolute atomic E-state index is 12.4. The van der Waals surface area contributed by atoms with E-state index in [1.54, 1.807) is 18.3 Å². The normalized spacial score (nSPS) is 13.3. The lowest BCUT2D eigenvalue weighted by Crippen LogP contribution is -2.41. The van der Waals surface area contributed by atoms with Crippen LogP contribution in [0.3, 0.4) is 0 Å². The van der Waals surface area contributed by atoms with Crippen LogP contribution in [0.5, 0.6) is 11.5 Å². The highest BCUT2D eigenvalue weighted by atomic mass is 19.3. The van der Waals surface area contributed by atoms with Gasteiger partial charge in [-0.15, -0.1) is 0 Å². The summed E-state index contributed by atoms with van der Waals surface area (Å²) in [5, 5.41) is 2.68. The molecule has 0 atom stereocenters. The number of urea groups is 1. The van der Waals surface area contributed by atoms with Crippen LogP contribution in [0.4, 0.5) is 25.1 Å². The number of hydrogen-bond donors (Lipinski definition) is 1. The minimum atomic E-state index is -2.88. The molecule has 2 heterocycles. The van der Waals surface area contributed by atoms with Crippen LogP contribution in [0.15, 0.2) is 42.6 Å². The molecule has 1 aliphatic heterocycles. The van der Waals surface area contributed by atoms with Gasteiger partial charge in [-0.05, 0) is 36.4 Å². The molecule has 0 bridgehead atoms. The maximum atomic E-state index is 12.4. The van der Waals surface area contributed by atoms with Crippen molar-refractivity contribution in [3.63, 3.8) is 0 Å². The number of halogens is 2. The number of pyridine rings is 1. The highest BCUT2D eigenvalue weighted by molar-refractivity contribution is 6.02. The standard InChI is InChI=1S/C15H13F2N3O3/c16-14(17)23-11-5-3-10(4-6-11)19-15(21)20-8-9-22-12-2-1-7-18-13(12)20/h1-7,14H,8-9H2,(H,19,21). The molecule has 3 rings (SSSR count). The van der Waals surface area contributed by atoms with Crippen molar-refractivity contribution in [3.05, 3.63) is 42.6 Å². The van der Waals surface area contributed by atoms with Gasteiger partial charge in [0.2, 0.25) is 0 Å². The van der Waals surface area contributed by atoms with E-state index in [1.165, 1.54) is 29.2 Å². The van der Waals surface area contributed by atoms with Gasteiger partial charge in [0.25, 0.3) is 0 Å². The number of fused-ring (bicyclic) bond motifs is 1. The SMILES string of the molecule is O=C(Nc1ccc(OC(F)F)cc1)N1CCOc2cccnc21. The number of nitrogens with one attached hydrogen (secondary N) is 1. The van der Waals surface area contributed by atoms with Gasteiger partial charge in [-0.25, -0.2) is 9.78 Å². The number of amides is 2. The molecule has 8 heteroatoms. The molecule has 6 nitrogen and oxygen atoms in total. The summed E-state index contributed by atoms with van der Waals surface area (Å²) in [6.45, 7) is -2.15. The van der Waals surface area contributed by atoms with Crippen LogP contribution in [-0.4, -0.2) is 30.8 Å². The van der Waals surface area contributed by atoms with Crippen LogP contribution in [-0.2, 0) is 0 Å². The number of aromatic nitrogens is 1. The number of ether oxygens (including phenoxy) is 2. The highest BCUT2D eigenvalue weighted by Crippen LogP contribution is 2.29. The van der Waals surface area contributed by atoms with Crippen molar-refractivity contribution in [2.75, 3.05) is 23.4 Å². The maximum Gasteiger partial charge on any atom is 0.387 e. The molecule has 0 spiro atoms. The Hall–Kier alpha value is -2.90. The van der Waals surface area contributed by atoms with Crippen LogP contribution in [0.1, 0.15) is 0 Å². The first kappa shape index (κ1) is 15.0. The number of alkyl halides is 2. The largest absolute Gasteiger partial charge is 0.488 e. The Morgan fingerprint density at radius 2 is 2.09 bits per heavy atom. The zero-order chi connectivity index (χ0) is 16.2. The van der Waals surface area contributed by atoms with Gasteiger partial charge in [0, 0.05) is 11.9 Å². The zero-order valence-corrected chi connectivity index (χ0v) is 11.9. The molecule has 0 fully saturated rings. The van der Waals surface area contributed by atoms with Gasteiger partial charge < -0.3 is 14.8 Å². The molecule has 0 saturated heterocycles. The quantitative estimate of drug-likeness (QED) is 0.943. The summed E-state index contributed by atoms with van der Waals surface area (Å²) in [5.41, 5.74) is 0.459. The molecular weight excluding hydrogens is 308 g/mol. The van der Waals surface area contributed by atoms with Gasteiger partial charge in [-0.1, -0.05) is 0 Å². The second-order valence-electron chi connectivity index (χ2n) is 4.66. The summed E-state index contributed by atoms with van der Waals surface area (Å²) in [6, 6.07) is 8.75. The van der Waals surface area contributed by atoms with Crippen molar-refractivity contribution in [1.29, 1.82) is 0 Å². The fourth-order valence-electron chi connectivity index (χ4n) is 2.16. The lowest BCUT2D eigenvalue weighted by molar-refractivity contribution is -0.0498. The monoisotopic (exact) mass is 321 g/mol. The molecular formula is C15H13F2N3O3. The first-order chi connectivity index (χ1) is 11.1. The average Bonchev–Trinajstić information content (AvgIpc) is 2.55. The smallest absolute Gasteiger partial charge is 0.387 e. The number of rotatable bonds is 3. The minimum Gasteiger partial charge on any atom is -0.488 e. The second kappa shape index (κ2) is 6.47. The molecule has 1 aliphatic rings. The molecule has 1 aromatic heterocycles. The van der Waals surface area contributed by atoms with E-state index >= 15 is 0 Å². The number of benzene rings is 1.